The number of aromatic nitrogens is 2. The third kappa shape index (κ3) is 3.02. The number of aryl methyl sites for hydroxylation is 2. The highest BCUT2D eigenvalue weighted by molar-refractivity contribution is 7.22. The Morgan fingerprint density at radius 2 is 1.85 bits per heavy atom. The second-order valence-electron chi connectivity index (χ2n) is 8.04. The van der Waals surface area contributed by atoms with Crippen molar-refractivity contribution in [2.24, 2.45) is 7.05 Å². The van der Waals surface area contributed by atoms with E-state index in [4.69, 9.17) is 16.0 Å². The molecule has 6 rings (SSSR count). The number of fused-ring (bicyclic) bond motifs is 3. The molecule has 0 radical (unpaired) electrons. The van der Waals surface area contributed by atoms with Crippen LogP contribution >= 0.6 is 22.9 Å². The maximum absolute atomic E-state index is 12.9. The van der Waals surface area contributed by atoms with E-state index in [2.05, 4.69) is 23.2 Å². The first-order valence-electron chi connectivity index (χ1n) is 10.5. The van der Waals surface area contributed by atoms with Gasteiger partial charge >= 0.3 is 0 Å². The van der Waals surface area contributed by atoms with Crippen LogP contribution in [0.25, 0.3) is 38.1 Å². The number of ketones is 2. The maximum atomic E-state index is 12.9. The molecule has 162 valence electrons. The fraction of sp³-hybridized carbons (Fsp3) is 0.115. The Bertz CT molecular complexity index is 1630. The van der Waals surface area contributed by atoms with Crippen LogP contribution in [-0.4, -0.2) is 21.1 Å². The van der Waals surface area contributed by atoms with E-state index in [1.165, 1.54) is 16.2 Å². The zero-order valence-electron chi connectivity index (χ0n) is 17.8. The third-order valence-corrected chi connectivity index (χ3v) is 7.54. The van der Waals surface area contributed by atoms with Gasteiger partial charge in [-0.25, -0.2) is 0 Å². The number of nitrogens with zero attached hydrogens (tertiary/aromatic N) is 2. The average Bonchev–Trinajstić information content (AvgIpc) is 3.53. The van der Waals surface area contributed by atoms with Crippen LogP contribution in [0.5, 0.6) is 0 Å². The van der Waals surface area contributed by atoms with Gasteiger partial charge in [-0.15, -0.1) is 11.3 Å². The number of thiophene rings is 1. The summed E-state index contributed by atoms with van der Waals surface area (Å²) in [6.45, 7) is 1.96. The summed E-state index contributed by atoms with van der Waals surface area (Å²) in [5.41, 5.74) is 2.92. The molecule has 0 atom stereocenters. The van der Waals surface area contributed by atoms with Gasteiger partial charge in [0.1, 0.15) is 11.3 Å². The van der Waals surface area contributed by atoms with Gasteiger partial charge in [0.25, 0.3) is 0 Å². The molecule has 7 heteroatoms. The molecule has 0 spiro atoms. The van der Waals surface area contributed by atoms with E-state index in [1.807, 2.05) is 30.7 Å². The van der Waals surface area contributed by atoms with Gasteiger partial charge in [0.05, 0.1) is 10.5 Å². The minimum atomic E-state index is -0.334. The van der Waals surface area contributed by atoms with Crippen molar-refractivity contribution in [3.63, 3.8) is 0 Å². The Balaban J connectivity index is 1.39. The summed E-state index contributed by atoms with van der Waals surface area (Å²) in [6, 6.07) is 15.4. The predicted molar refractivity (Wildman–Crippen MR) is 131 cm³/mol. The lowest BCUT2D eigenvalue weighted by molar-refractivity contribution is 0.0990. The normalized spacial score (nSPS) is 14.8. The highest BCUT2D eigenvalue weighted by atomic mass is 35.5. The molecule has 0 unspecified atom stereocenters. The number of halogens is 1. The van der Waals surface area contributed by atoms with Crippen LogP contribution in [0.15, 0.2) is 58.5 Å². The molecule has 0 aliphatic heterocycles. The molecule has 0 amide bonds. The SMILES string of the molecule is CCc1cc2c(cc1Cl)C(=O)/C(=C\c1cc3c(nc(-c4cc5ccccc5s4)n3C)o1)C2=O. The quantitative estimate of drug-likeness (QED) is 0.216. The van der Waals surface area contributed by atoms with Crippen molar-refractivity contribution < 1.29 is 14.0 Å². The number of carbonyl (C=O) groups excluding carboxylic acids is 2. The van der Waals surface area contributed by atoms with Crippen LogP contribution in [0.2, 0.25) is 5.02 Å². The van der Waals surface area contributed by atoms with E-state index < -0.39 is 0 Å². The highest BCUT2D eigenvalue weighted by Crippen LogP contribution is 2.36. The zero-order valence-corrected chi connectivity index (χ0v) is 19.4. The van der Waals surface area contributed by atoms with Crippen LogP contribution in [-0.2, 0) is 13.5 Å². The lowest BCUT2D eigenvalue weighted by Crippen LogP contribution is -2.00. The average molecular weight is 473 g/mol. The van der Waals surface area contributed by atoms with Gasteiger partial charge in [0.2, 0.25) is 5.71 Å². The molecule has 3 heterocycles. The standard InChI is InChI=1S/C26H17ClN2O3S/c1-3-13-8-16-17(12-19(13)27)24(31)18(23(16)30)10-15-11-20-26(32-15)28-25(29(20)2)22-9-14-6-4-5-7-21(14)33-22/h4-12H,3H2,1-2H3/b18-10-. The Kier molecular flexibility index (Phi) is 4.44. The first-order valence-corrected chi connectivity index (χ1v) is 11.7. The summed E-state index contributed by atoms with van der Waals surface area (Å²) in [5, 5.41) is 1.67. The number of hydrogen-bond acceptors (Lipinski definition) is 5. The maximum Gasteiger partial charge on any atom is 0.245 e. The minimum Gasteiger partial charge on any atom is -0.437 e. The molecule has 1 aliphatic carbocycles. The molecule has 0 N–H and O–H groups in total. The molecular weight excluding hydrogens is 456 g/mol. The molecule has 0 fully saturated rings. The summed E-state index contributed by atoms with van der Waals surface area (Å²) in [4.78, 5) is 31.6. The lowest BCUT2D eigenvalue weighted by Gasteiger charge is -2.03. The van der Waals surface area contributed by atoms with Crippen molar-refractivity contribution in [3.05, 3.63) is 81.6 Å². The fourth-order valence-electron chi connectivity index (χ4n) is 4.31. The summed E-state index contributed by atoms with van der Waals surface area (Å²) in [5.74, 6) is 0.586. The Hall–Kier alpha value is -3.48. The van der Waals surface area contributed by atoms with Crippen molar-refractivity contribution in [2.45, 2.75) is 13.3 Å². The molecule has 33 heavy (non-hydrogen) atoms. The fourth-order valence-corrected chi connectivity index (χ4v) is 5.70. The van der Waals surface area contributed by atoms with Crippen molar-refractivity contribution in [1.29, 1.82) is 0 Å². The largest absolute Gasteiger partial charge is 0.437 e. The summed E-state index contributed by atoms with van der Waals surface area (Å²) in [6.07, 6.45) is 2.19. The van der Waals surface area contributed by atoms with Crippen molar-refractivity contribution in [2.75, 3.05) is 0 Å². The predicted octanol–water partition coefficient (Wildman–Crippen LogP) is 6.73. The van der Waals surface area contributed by atoms with Gasteiger partial charge in [0.15, 0.2) is 17.4 Å². The summed E-state index contributed by atoms with van der Waals surface area (Å²) in [7, 11) is 1.93. The van der Waals surface area contributed by atoms with E-state index in [0.29, 0.717) is 34.0 Å². The van der Waals surface area contributed by atoms with E-state index in [-0.39, 0.29) is 17.1 Å². The summed E-state index contributed by atoms with van der Waals surface area (Å²) >= 11 is 7.94. The molecule has 1 aliphatic rings. The van der Waals surface area contributed by atoms with Gasteiger partial charge < -0.3 is 8.98 Å². The second kappa shape index (κ2) is 7.27. The van der Waals surface area contributed by atoms with Crippen molar-refractivity contribution in [3.8, 4) is 10.7 Å². The van der Waals surface area contributed by atoms with Gasteiger partial charge in [-0.1, -0.05) is 36.7 Å². The monoisotopic (exact) mass is 472 g/mol. The Labute approximate surface area is 197 Å². The van der Waals surface area contributed by atoms with Crippen molar-refractivity contribution >= 4 is 61.9 Å². The third-order valence-electron chi connectivity index (χ3n) is 6.08. The van der Waals surface area contributed by atoms with E-state index in [9.17, 15) is 9.59 Å². The van der Waals surface area contributed by atoms with Crippen LogP contribution in [0.1, 0.15) is 39.0 Å². The number of imidazole rings is 1. The van der Waals surface area contributed by atoms with Crippen LogP contribution < -0.4 is 0 Å². The Morgan fingerprint density at radius 3 is 2.58 bits per heavy atom. The van der Waals surface area contributed by atoms with Gasteiger partial charge in [0, 0.05) is 34.0 Å². The number of Topliss-reactive ketones (excluding diaryl/α,β-unsaturated/α-hetero) is 2. The van der Waals surface area contributed by atoms with Gasteiger partial charge in [-0.05, 0) is 47.7 Å². The molecule has 5 nitrogen and oxygen atoms in total. The number of rotatable bonds is 3. The summed E-state index contributed by atoms with van der Waals surface area (Å²) < 4.78 is 9.08. The smallest absolute Gasteiger partial charge is 0.245 e. The lowest BCUT2D eigenvalue weighted by atomic mass is 10.0. The minimum absolute atomic E-state index is 0.0816. The molecular formula is C26H17ClN2O3S. The molecule has 0 saturated heterocycles. The number of furan rings is 1. The van der Waals surface area contributed by atoms with E-state index in [1.54, 1.807) is 29.5 Å². The van der Waals surface area contributed by atoms with Crippen LogP contribution in [0.3, 0.4) is 0 Å². The number of benzene rings is 2. The first-order chi connectivity index (χ1) is 15.9. The van der Waals surface area contributed by atoms with Gasteiger partial charge in [-0.2, -0.15) is 4.98 Å². The number of allylic oxidation sites excluding steroid dienone is 1. The molecule has 0 saturated carbocycles. The topological polar surface area (TPSA) is 65.1 Å². The van der Waals surface area contributed by atoms with Crippen LogP contribution in [0, 0.1) is 0 Å². The van der Waals surface area contributed by atoms with Crippen LogP contribution in [0.4, 0.5) is 0 Å². The molecule has 5 aromatic rings. The second-order valence-corrected chi connectivity index (χ2v) is 9.53. The molecule has 0 bridgehead atoms. The number of hydrogen-bond donors (Lipinski definition) is 0. The zero-order chi connectivity index (χ0) is 22.9. The number of carbonyl (C=O) groups is 2. The van der Waals surface area contributed by atoms with E-state index >= 15 is 0 Å². The Morgan fingerprint density at radius 1 is 1.09 bits per heavy atom. The van der Waals surface area contributed by atoms with E-state index in [0.717, 1.165) is 21.8 Å². The molecule has 2 aromatic carbocycles. The molecule has 3 aromatic heterocycles. The first kappa shape index (κ1) is 20.1. The highest BCUT2D eigenvalue weighted by Gasteiger charge is 2.34. The van der Waals surface area contributed by atoms with Crippen molar-refractivity contribution in [1.82, 2.24) is 9.55 Å². The van der Waals surface area contributed by atoms with Gasteiger partial charge in [-0.3, -0.25) is 9.59 Å².